The standard InChI is InChI=1S/C13H19N3O2S/c1-9-7-12(16-13(18)14-9)19-8-11(17)15-10-5-3-2-4-6-10/h7,10H,2-6,8H2,1H3,(H,15,17)(H,14,16,18). The van der Waals surface area contributed by atoms with E-state index in [-0.39, 0.29) is 11.6 Å². The molecule has 0 spiro atoms. The van der Waals surface area contributed by atoms with Gasteiger partial charge in [0.25, 0.3) is 0 Å². The predicted molar refractivity (Wildman–Crippen MR) is 75.3 cm³/mol. The second-order valence-corrected chi connectivity index (χ2v) is 5.89. The molecule has 5 nitrogen and oxygen atoms in total. The zero-order valence-corrected chi connectivity index (χ0v) is 11.9. The molecule has 19 heavy (non-hydrogen) atoms. The van der Waals surface area contributed by atoms with Crippen LogP contribution in [0.3, 0.4) is 0 Å². The summed E-state index contributed by atoms with van der Waals surface area (Å²) in [5.41, 5.74) is 0.394. The van der Waals surface area contributed by atoms with Gasteiger partial charge in [0.05, 0.1) is 5.75 Å². The number of carbonyl (C=O) groups is 1. The summed E-state index contributed by atoms with van der Waals surface area (Å²) in [6.45, 7) is 1.80. The van der Waals surface area contributed by atoms with E-state index >= 15 is 0 Å². The zero-order chi connectivity index (χ0) is 13.7. The molecule has 104 valence electrons. The normalized spacial score (nSPS) is 16.3. The quantitative estimate of drug-likeness (QED) is 0.649. The Morgan fingerprint density at radius 1 is 1.47 bits per heavy atom. The molecule has 1 aromatic rings. The molecule has 1 fully saturated rings. The van der Waals surface area contributed by atoms with Crippen LogP contribution in [-0.4, -0.2) is 27.7 Å². The minimum absolute atomic E-state index is 0.0247. The van der Waals surface area contributed by atoms with Gasteiger partial charge < -0.3 is 10.3 Å². The van der Waals surface area contributed by atoms with Crippen LogP contribution in [0.15, 0.2) is 15.9 Å². The van der Waals surface area contributed by atoms with Crippen LogP contribution in [0.2, 0.25) is 0 Å². The molecule has 1 aliphatic rings. The molecule has 0 radical (unpaired) electrons. The molecular weight excluding hydrogens is 262 g/mol. The summed E-state index contributed by atoms with van der Waals surface area (Å²) in [5, 5.41) is 3.64. The van der Waals surface area contributed by atoms with Crippen molar-refractivity contribution in [2.45, 2.75) is 50.1 Å². The third-order valence-electron chi connectivity index (χ3n) is 3.18. The highest BCUT2D eigenvalue weighted by molar-refractivity contribution is 7.99. The third kappa shape index (κ3) is 4.70. The van der Waals surface area contributed by atoms with Crippen LogP contribution in [0.5, 0.6) is 0 Å². The van der Waals surface area contributed by atoms with Crippen LogP contribution in [0, 0.1) is 6.92 Å². The fourth-order valence-electron chi connectivity index (χ4n) is 2.28. The van der Waals surface area contributed by atoms with E-state index in [1.807, 2.05) is 0 Å². The number of hydrogen-bond donors (Lipinski definition) is 2. The van der Waals surface area contributed by atoms with Crippen LogP contribution in [0.25, 0.3) is 0 Å². The molecule has 1 aromatic heterocycles. The molecule has 0 aliphatic heterocycles. The summed E-state index contributed by atoms with van der Waals surface area (Å²) in [5.74, 6) is 0.337. The zero-order valence-electron chi connectivity index (χ0n) is 11.1. The van der Waals surface area contributed by atoms with Crippen molar-refractivity contribution in [2.24, 2.45) is 0 Å². The molecule has 1 amide bonds. The van der Waals surface area contributed by atoms with Crippen LogP contribution in [-0.2, 0) is 4.79 Å². The van der Waals surface area contributed by atoms with Crippen molar-refractivity contribution in [1.82, 2.24) is 15.3 Å². The summed E-state index contributed by atoms with van der Waals surface area (Å²) in [4.78, 5) is 29.4. The summed E-state index contributed by atoms with van der Waals surface area (Å²) in [7, 11) is 0. The first-order valence-electron chi connectivity index (χ1n) is 6.63. The van der Waals surface area contributed by atoms with Crippen LogP contribution in [0.4, 0.5) is 0 Å². The van der Waals surface area contributed by atoms with Crippen molar-refractivity contribution in [1.29, 1.82) is 0 Å². The maximum Gasteiger partial charge on any atom is 0.346 e. The fourth-order valence-corrected chi connectivity index (χ4v) is 3.05. The van der Waals surface area contributed by atoms with Gasteiger partial charge in [-0.15, -0.1) is 0 Å². The minimum Gasteiger partial charge on any atom is -0.353 e. The topological polar surface area (TPSA) is 74.8 Å². The van der Waals surface area contributed by atoms with Gasteiger partial charge in [0, 0.05) is 11.7 Å². The van der Waals surface area contributed by atoms with E-state index in [4.69, 9.17) is 0 Å². The van der Waals surface area contributed by atoms with Crippen LogP contribution >= 0.6 is 11.8 Å². The maximum absolute atomic E-state index is 11.8. The number of hydrogen-bond acceptors (Lipinski definition) is 4. The number of nitrogens with one attached hydrogen (secondary N) is 2. The first-order chi connectivity index (χ1) is 9.13. The molecule has 1 aliphatic carbocycles. The van der Waals surface area contributed by atoms with Crippen LogP contribution in [0.1, 0.15) is 37.8 Å². The molecule has 0 unspecified atom stereocenters. The number of amides is 1. The second kappa shape index (κ2) is 6.75. The lowest BCUT2D eigenvalue weighted by Crippen LogP contribution is -2.37. The highest BCUT2D eigenvalue weighted by Gasteiger charge is 2.15. The lowest BCUT2D eigenvalue weighted by Gasteiger charge is -2.22. The smallest absolute Gasteiger partial charge is 0.346 e. The Morgan fingerprint density at radius 2 is 2.21 bits per heavy atom. The number of nitrogens with zero attached hydrogens (tertiary/aromatic N) is 1. The van der Waals surface area contributed by atoms with E-state index in [1.165, 1.54) is 31.0 Å². The first kappa shape index (κ1) is 14.1. The average molecular weight is 281 g/mol. The van der Waals surface area contributed by atoms with E-state index in [0.717, 1.165) is 18.5 Å². The minimum atomic E-state index is -0.366. The summed E-state index contributed by atoms with van der Waals surface area (Å²) >= 11 is 1.30. The monoisotopic (exact) mass is 281 g/mol. The number of aromatic nitrogens is 2. The number of thioether (sulfide) groups is 1. The molecule has 0 bridgehead atoms. The summed E-state index contributed by atoms with van der Waals surface area (Å²) < 4.78 is 0. The van der Waals surface area contributed by atoms with Gasteiger partial charge in [-0.3, -0.25) is 4.79 Å². The molecule has 0 saturated heterocycles. The van der Waals surface area contributed by atoms with E-state index in [2.05, 4.69) is 15.3 Å². The van der Waals surface area contributed by atoms with Gasteiger partial charge in [-0.2, -0.15) is 4.98 Å². The summed E-state index contributed by atoms with van der Waals surface area (Å²) in [6.07, 6.45) is 5.84. The lowest BCUT2D eigenvalue weighted by atomic mass is 9.95. The average Bonchev–Trinajstić information content (AvgIpc) is 2.36. The van der Waals surface area contributed by atoms with E-state index in [9.17, 15) is 9.59 Å². The molecule has 0 atom stereocenters. The highest BCUT2D eigenvalue weighted by atomic mass is 32.2. The van der Waals surface area contributed by atoms with Gasteiger partial charge in [0.15, 0.2) is 0 Å². The molecule has 2 N–H and O–H groups in total. The van der Waals surface area contributed by atoms with Gasteiger partial charge in [0.2, 0.25) is 5.91 Å². The number of H-pyrrole nitrogens is 1. The largest absolute Gasteiger partial charge is 0.353 e. The number of rotatable bonds is 4. The molecule has 0 aromatic carbocycles. The molecule has 1 heterocycles. The Morgan fingerprint density at radius 3 is 2.89 bits per heavy atom. The van der Waals surface area contributed by atoms with Crippen LogP contribution < -0.4 is 11.0 Å². The first-order valence-corrected chi connectivity index (χ1v) is 7.62. The second-order valence-electron chi connectivity index (χ2n) is 4.90. The maximum atomic E-state index is 11.8. The molecule has 6 heteroatoms. The number of aromatic amines is 1. The molecular formula is C13H19N3O2S. The van der Waals surface area contributed by atoms with Crippen molar-refractivity contribution in [3.8, 4) is 0 Å². The SMILES string of the molecule is Cc1cc(SCC(=O)NC2CCCCC2)nc(=O)[nH]1. The Balaban J connectivity index is 1.80. The Labute approximate surface area is 116 Å². The van der Waals surface area contributed by atoms with Crippen molar-refractivity contribution in [2.75, 3.05) is 5.75 Å². The summed E-state index contributed by atoms with van der Waals surface area (Å²) in [6, 6.07) is 2.11. The third-order valence-corrected chi connectivity index (χ3v) is 4.09. The van der Waals surface area contributed by atoms with Crippen molar-refractivity contribution < 1.29 is 4.79 Å². The van der Waals surface area contributed by atoms with Gasteiger partial charge >= 0.3 is 5.69 Å². The van der Waals surface area contributed by atoms with Crippen molar-refractivity contribution in [3.63, 3.8) is 0 Å². The van der Waals surface area contributed by atoms with Crippen molar-refractivity contribution >= 4 is 17.7 Å². The predicted octanol–water partition coefficient (Wildman–Crippen LogP) is 1.62. The van der Waals surface area contributed by atoms with E-state index in [1.54, 1.807) is 13.0 Å². The van der Waals surface area contributed by atoms with Gasteiger partial charge in [-0.25, -0.2) is 4.79 Å². The highest BCUT2D eigenvalue weighted by Crippen LogP contribution is 2.18. The fraction of sp³-hybridized carbons (Fsp3) is 0.615. The van der Waals surface area contributed by atoms with Gasteiger partial charge in [0.1, 0.15) is 5.03 Å². The Hall–Kier alpha value is -1.30. The molecule has 2 rings (SSSR count). The lowest BCUT2D eigenvalue weighted by molar-refractivity contribution is -0.119. The Bertz CT molecular complexity index is 495. The van der Waals surface area contributed by atoms with E-state index in [0.29, 0.717) is 16.8 Å². The van der Waals surface area contributed by atoms with Gasteiger partial charge in [-0.1, -0.05) is 31.0 Å². The molecule has 1 saturated carbocycles. The Kier molecular flexibility index (Phi) is 5.01. The van der Waals surface area contributed by atoms with Gasteiger partial charge in [-0.05, 0) is 25.8 Å². The number of carbonyl (C=O) groups excluding carboxylic acids is 1. The van der Waals surface area contributed by atoms with E-state index < -0.39 is 0 Å². The number of aryl methyl sites for hydroxylation is 1. The van der Waals surface area contributed by atoms with Crippen molar-refractivity contribution in [3.05, 3.63) is 22.2 Å².